The van der Waals surface area contributed by atoms with Gasteiger partial charge in [0, 0.05) is 24.7 Å². The van der Waals surface area contributed by atoms with Crippen LogP contribution in [0.3, 0.4) is 0 Å². The molecule has 4 nitrogen and oxygen atoms in total. The molecule has 15 heavy (non-hydrogen) atoms. The Labute approximate surface area is 90.9 Å². The Morgan fingerprint density at radius 2 is 2.27 bits per heavy atom. The van der Waals surface area contributed by atoms with E-state index in [2.05, 4.69) is 26.9 Å². The Hall–Kier alpha value is -1.69. The second kappa shape index (κ2) is 4.22. The van der Waals surface area contributed by atoms with Gasteiger partial charge in [0.1, 0.15) is 0 Å². The summed E-state index contributed by atoms with van der Waals surface area (Å²) in [5.74, 6) is -0.0192. The van der Waals surface area contributed by atoms with Crippen LogP contribution in [-0.2, 0) is 19.0 Å². The third-order valence-electron chi connectivity index (χ3n) is 1.82. The van der Waals surface area contributed by atoms with Crippen LogP contribution in [0.4, 0.5) is 10.2 Å². The molecule has 0 spiro atoms. The molecule has 2 aromatic rings. The lowest BCUT2D eigenvalue weighted by Gasteiger charge is -2.00. The van der Waals surface area contributed by atoms with Crippen LogP contribution in [0.1, 0.15) is 5.69 Å². The zero-order chi connectivity index (χ0) is 10.7. The number of aromatic nitrogens is 3. The number of halogens is 1. The maximum absolute atomic E-state index is 12.8. The van der Waals surface area contributed by atoms with E-state index in [0.29, 0.717) is 18.1 Å². The quantitative estimate of drug-likeness (QED) is 0.744. The van der Waals surface area contributed by atoms with Gasteiger partial charge in [0.25, 0.3) is 0 Å². The molecular weight excluding hydrogens is 215 g/mol. The lowest BCUT2D eigenvalue weighted by Crippen LogP contribution is -2.02. The van der Waals surface area contributed by atoms with Gasteiger partial charge in [0.15, 0.2) is 5.82 Å². The maximum atomic E-state index is 12.8. The number of nitrogens with zero attached hydrogens (tertiary/aromatic N) is 4. The average molecular weight is 222 g/mol. The van der Waals surface area contributed by atoms with Crippen LogP contribution >= 0.6 is 0 Å². The minimum atomic E-state index is -0.493. The molecule has 0 N–H and O–H groups in total. The largest absolute Gasteiger partial charge is 0.265 e. The first-order chi connectivity index (χ1) is 7.28. The zero-order valence-electron chi connectivity index (χ0n) is 7.67. The highest BCUT2D eigenvalue weighted by atomic mass is 32.1. The molecule has 0 unspecified atom stereocenters. The van der Waals surface area contributed by atoms with Gasteiger partial charge in [-0.1, -0.05) is 6.07 Å². The summed E-state index contributed by atoms with van der Waals surface area (Å²) in [6, 6.07) is 6.33. The highest BCUT2D eigenvalue weighted by Crippen LogP contribution is 2.07. The fraction of sp³-hybridized carbons (Fsp3) is 0.111. The summed E-state index contributed by atoms with van der Waals surface area (Å²) in [4.78, 5) is 3.72. The van der Waals surface area contributed by atoms with E-state index < -0.39 is 5.95 Å². The Morgan fingerprint density at radius 3 is 2.93 bits per heavy atom. The molecule has 0 saturated carbocycles. The molecule has 76 valence electrons. The van der Waals surface area contributed by atoms with Crippen LogP contribution in [0.2, 0.25) is 0 Å². The molecule has 0 fully saturated rings. The molecule has 0 amide bonds. The molecule has 0 aromatic carbocycles. The number of hydrogen-bond acceptors (Lipinski definition) is 4. The van der Waals surface area contributed by atoms with Gasteiger partial charge in [-0.3, -0.25) is 4.68 Å². The topological polar surface area (TPSA) is 43.1 Å². The summed E-state index contributed by atoms with van der Waals surface area (Å²) >= 11 is 4.49. The molecular formula is C9H7FN4S. The van der Waals surface area contributed by atoms with E-state index >= 15 is 0 Å². The fourth-order valence-corrected chi connectivity index (χ4v) is 1.29. The van der Waals surface area contributed by atoms with Crippen LogP contribution in [0.15, 0.2) is 34.8 Å². The summed E-state index contributed by atoms with van der Waals surface area (Å²) in [7, 11) is 0. The lowest BCUT2D eigenvalue weighted by atomic mass is 10.3. The van der Waals surface area contributed by atoms with Crippen molar-refractivity contribution >= 4 is 18.2 Å². The molecule has 0 aliphatic rings. The van der Waals surface area contributed by atoms with Crippen molar-refractivity contribution in [1.29, 1.82) is 0 Å². The first-order valence-electron chi connectivity index (χ1n) is 4.26. The third-order valence-corrected chi connectivity index (χ3v) is 2.00. The van der Waals surface area contributed by atoms with Crippen molar-refractivity contribution in [3.05, 3.63) is 42.1 Å². The van der Waals surface area contributed by atoms with Gasteiger partial charge in [0.05, 0.1) is 12.2 Å². The van der Waals surface area contributed by atoms with Crippen LogP contribution in [0.25, 0.3) is 0 Å². The molecule has 2 heterocycles. The molecule has 0 atom stereocenters. The number of rotatable bonds is 3. The van der Waals surface area contributed by atoms with Crippen molar-refractivity contribution in [2.45, 2.75) is 6.54 Å². The van der Waals surface area contributed by atoms with Gasteiger partial charge >= 0.3 is 0 Å². The van der Waals surface area contributed by atoms with Gasteiger partial charge in [-0.05, 0) is 12.1 Å². The fourth-order valence-electron chi connectivity index (χ4n) is 1.19. The first-order valence-corrected chi connectivity index (χ1v) is 4.63. The maximum Gasteiger partial charge on any atom is 0.213 e. The van der Waals surface area contributed by atoms with Crippen molar-refractivity contribution in [2.24, 2.45) is 4.36 Å². The lowest BCUT2D eigenvalue weighted by molar-refractivity contribution is 0.567. The molecule has 0 aliphatic heterocycles. The minimum Gasteiger partial charge on any atom is -0.265 e. The van der Waals surface area contributed by atoms with Crippen LogP contribution in [0, 0.1) is 5.95 Å². The second-order valence-electron chi connectivity index (χ2n) is 2.91. The van der Waals surface area contributed by atoms with Crippen molar-refractivity contribution in [3.63, 3.8) is 0 Å². The van der Waals surface area contributed by atoms with Crippen LogP contribution in [-0.4, -0.2) is 14.8 Å². The molecule has 2 rings (SSSR count). The van der Waals surface area contributed by atoms with Gasteiger partial charge in [-0.15, -0.1) is 0 Å². The monoisotopic (exact) mass is 222 g/mol. The summed E-state index contributed by atoms with van der Waals surface area (Å²) in [6.07, 6.45) is 1.72. The van der Waals surface area contributed by atoms with E-state index in [0.717, 1.165) is 0 Å². The molecule has 0 bridgehead atoms. The SMILES string of the molecule is Fc1cccc(Cn2ccc(N=S)n2)n1. The van der Waals surface area contributed by atoms with E-state index in [-0.39, 0.29) is 0 Å². The summed E-state index contributed by atoms with van der Waals surface area (Å²) < 4.78 is 17.9. The van der Waals surface area contributed by atoms with Gasteiger partial charge in [-0.2, -0.15) is 13.9 Å². The van der Waals surface area contributed by atoms with E-state index in [1.165, 1.54) is 6.07 Å². The Kier molecular flexibility index (Phi) is 2.77. The van der Waals surface area contributed by atoms with E-state index in [1.54, 1.807) is 29.1 Å². The molecule has 6 heteroatoms. The van der Waals surface area contributed by atoms with Crippen LogP contribution in [0.5, 0.6) is 0 Å². The summed E-state index contributed by atoms with van der Waals surface area (Å²) in [6.45, 7) is 0.405. The number of pyridine rings is 1. The highest BCUT2D eigenvalue weighted by Gasteiger charge is 2.00. The summed E-state index contributed by atoms with van der Waals surface area (Å²) in [5, 5.41) is 4.04. The number of hydrogen-bond donors (Lipinski definition) is 0. The summed E-state index contributed by atoms with van der Waals surface area (Å²) in [5.41, 5.74) is 0.606. The highest BCUT2D eigenvalue weighted by molar-refractivity contribution is 7.47. The van der Waals surface area contributed by atoms with Crippen molar-refractivity contribution in [3.8, 4) is 0 Å². The molecule has 0 aliphatic carbocycles. The Balaban J connectivity index is 2.18. The first kappa shape index (κ1) is 9.85. The van der Waals surface area contributed by atoms with Gasteiger partial charge < -0.3 is 0 Å². The standard InChI is InChI=1S/C9H7FN4S/c10-8-3-1-2-7(11-8)6-14-5-4-9(12-14)13-15/h1-5H,6H2. The molecule has 0 radical (unpaired) electrons. The van der Waals surface area contributed by atoms with Crippen molar-refractivity contribution in [2.75, 3.05) is 0 Å². The smallest absolute Gasteiger partial charge is 0.213 e. The van der Waals surface area contributed by atoms with Crippen molar-refractivity contribution < 1.29 is 4.39 Å². The minimum absolute atomic E-state index is 0.405. The van der Waals surface area contributed by atoms with E-state index in [4.69, 9.17) is 0 Å². The molecule has 2 aromatic heterocycles. The average Bonchev–Trinajstić information content (AvgIpc) is 2.65. The van der Waals surface area contributed by atoms with Gasteiger partial charge in [0.2, 0.25) is 5.95 Å². The second-order valence-corrected chi connectivity index (χ2v) is 3.10. The van der Waals surface area contributed by atoms with Crippen molar-refractivity contribution in [1.82, 2.24) is 14.8 Å². The Bertz CT molecular complexity index is 482. The Morgan fingerprint density at radius 1 is 1.40 bits per heavy atom. The van der Waals surface area contributed by atoms with E-state index in [1.807, 2.05) is 0 Å². The predicted octanol–water partition coefficient (Wildman–Crippen LogP) is 1.83. The zero-order valence-corrected chi connectivity index (χ0v) is 8.49. The van der Waals surface area contributed by atoms with Gasteiger partial charge in [-0.25, -0.2) is 4.98 Å². The predicted molar refractivity (Wildman–Crippen MR) is 55.0 cm³/mol. The normalized spacial score (nSPS) is 10.2. The van der Waals surface area contributed by atoms with Crippen LogP contribution < -0.4 is 0 Å². The molecule has 0 saturated heterocycles. The third kappa shape index (κ3) is 2.41. The van der Waals surface area contributed by atoms with E-state index in [9.17, 15) is 4.39 Å².